The summed E-state index contributed by atoms with van der Waals surface area (Å²) in [5.41, 5.74) is -0.306. The van der Waals surface area contributed by atoms with Gasteiger partial charge in [0.15, 0.2) is 0 Å². The molecule has 0 aromatic heterocycles. The summed E-state index contributed by atoms with van der Waals surface area (Å²) in [6.07, 6.45) is 6.66. The van der Waals surface area contributed by atoms with Crippen molar-refractivity contribution in [2.45, 2.75) is 44.1 Å². The lowest BCUT2D eigenvalue weighted by Gasteiger charge is -2.23. The zero-order valence-corrected chi connectivity index (χ0v) is 6.68. The number of hydrogen-bond donors (Lipinski definition) is 0. The largest absolute Gasteiger partial charge is 0.310 e. The van der Waals surface area contributed by atoms with Crippen molar-refractivity contribution in [3.63, 3.8) is 0 Å². The topological polar surface area (TPSA) is 21.4 Å². The van der Waals surface area contributed by atoms with Crippen LogP contribution < -0.4 is 0 Å². The number of nitrogens with zero attached hydrogens (tertiary/aromatic N) is 1. The number of hydrogen-bond acceptors (Lipinski definition) is 1. The van der Waals surface area contributed by atoms with Crippen LogP contribution in [-0.2, 0) is 4.79 Å². The van der Waals surface area contributed by atoms with Gasteiger partial charge in [0.05, 0.1) is 6.42 Å². The van der Waals surface area contributed by atoms with E-state index >= 15 is 0 Å². The number of carbonyl (C=O) groups excluding carboxylic acids is 1. The van der Waals surface area contributed by atoms with Gasteiger partial charge >= 0.3 is 0 Å². The number of rotatable bonds is 2. The van der Waals surface area contributed by atoms with Gasteiger partial charge in [-0.1, -0.05) is 6.42 Å². The molecule has 0 bridgehead atoms. The predicted molar refractivity (Wildman–Crippen MR) is 43.1 cm³/mol. The highest BCUT2D eigenvalue weighted by Gasteiger charge is 2.37. The van der Waals surface area contributed by atoms with Crippen LogP contribution in [0.4, 0.5) is 0 Å². The summed E-state index contributed by atoms with van der Waals surface area (Å²) in [5.74, 6) is 0. The second kappa shape index (κ2) is 3.52. The first-order valence-electron chi connectivity index (χ1n) is 4.15. The molecule has 0 spiro atoms. The van der Waals surface area contributed by atoms with E-state index in [0.29, 0.717) is 6.42 Å². The molecular weight excluding hydrogens is 138 g/mol. The first-order chi connectivity index (χ1) is 5.33. The molecule has 1 aliphatic carbocycles. The molecule has 0 amide bonds. The minimum atomic E-state index is -0.306. The molecule has 0 saturated heterocycles. The molecule has 1 aliphatic rings. The van der Waals surface area contributed by atoms with Crippen molar-refractivity contribution in [1.82, 2.24) is 0 Å². The van der Waals surface area contributed by atoms with Crippen LogP contribution in [0.5, 0.6) is 0 Å². The van der Waals surface area contributed by atoms with E-state index in [1.807, 2.05) is 0 Å². The van der Waals surface area contributed by atoms with Crippen molar-refractivity contribution in [3.8, 4) is 0 Å². The molecule has 0 aliphatic heterocycles. The fourth-order valence-electron chi connectivity index (χ4n) is 1.73. The average molecular weight is 151 g/mol. The highest BCUT2D eigenvalue weighted by Crippen LogP contribution is 2.33. The Morgan fingerprint density at radius 2 is 2.00 bits per heavy atom. The first kappa shape index (κ1) is 8.26. The van der Waals surface area contributed by atoms with Crippen LogP contribution in [0.25, 0.3) is 4.85 Å². The summed E-state index contributed by atoms with van der Waals surface area (Å²) in [6, 6.07) is 0. The third kappa shape index (κ3) is 1.80. The lowest BCUT2D eigenvalue weighted by molar-refractivity contribution is -0.108. The molecule has 0 heterocycles. The molecule has 1 fully saturated rings. The Hall–Kier alpha value is -0.840. The second-order valence-electron chi connectivity index (χ2n) is 3.27. The van der Waals surface area contributed by atoms with Crippen LogP contribution in [0, 0.1) is 6.57 Å². The van der Waals surface area contributed by atoms with Crippen LogP contribution in [0.1, 0.15) is 38.5 Å². The van der Waals surface area contributed by atoms with E-state index in [1.54, 1.807) is 0 Å². The molecule has 0 radical (unpaired) electrons. The van der Waals surface area contributed by atoms with Gasteiger partial charge < -0.3 is 9.64 Å². The first-order valence-corrected chi connectivity index (χ1v) is 4.15. The summed E-state index contributed by atoms with van der Waals surface area (Å²) in [7, 11) is 0. The fraction of sp³-hybridized carbons (Fsp3) is 0.778. The van der Waals surface area contributed by atoms with E-state index in [9.17, 15) is 4.79 Å². The van der Waals surface area contributed by atoms with Crippen molar-refractivity contribution in [2.75, 3.05) is 0 Å². The minimum Gasteiger partial charge on any atom is -0.310 e. The summed E-state index contributed by atoms with van der Waals surface area (Å²) >= 11 is 0. The highest BCUT2D eigenvalue weighted by atomic mass is 16.1. The van der Waals surface area contributed by atoms with Crippen LogP contribution in [0.15, 0.2) is 0 Å². The molecular formula is C9H13NO. The van der Waals surface area contributed by atoms with Gasteiger partial charge in [-0.25, -0.2) is 6.57 Å². The Balaban J connectivity index is 2.58. The molecule has 11 heavy (non-hydrogen) atoms. The van der Waals surface area contributed by atoms with E-state index in [-0.39, 0.29) is 5.54 Å². The van der Waals surface area contributed by atoms with Gasteiger partial charge in [-0.15, -0.1) is 0 Å². The summed E-state index contributed by atoms with van der Waals surface area (Å²) in [5, 5.41) is 0. The van der Waals surface area contributed by atoms with E-state index in [4.69, 9.17) is 6.57 Å². The van der Waals surface area contributed by atoms with Gasteiger partial charge in [0.25, 0.3) is 0 Å². The quantitative estimate of drug-likeness (QED) is 0.438. The zero-order valence-electron chi connectivity index (χ0n) is 6.68. The maximum Gasteiger partial charge on any atom is 0.239 e. The van der Waals surface area contributed by atoms with E-state index in [0.717, 1.165) is 32.0 Å². The second-order valence-corrected chi connectivity index (χ2v) is 3.27. The molecule has 0 atom stereocenters. The van der Waals surface area contributed by atoms with Crippen LogP contribution in [0.2, 0.25) is 0 Å². The van der Waals surface area contributed by atoms with E-state index in [1.165, 1.54) is 6.42 Å². The Labute approximate surface area is 67.4 Å². The Morgan fingerprint density at radius 3 is 2.45 bits per heavy atom. The average Bonchev–Trinajstić information content (AvgIpc) is 2.07. The third-order valence-corrected chi connectivity index (χ3v) is 2.48. The van der Waals surface area contributed by atoms with Gasteiger partial charge in [0.2, 0.25) is 5.54 Å². The van der Waals surface area contributed by atoms with Gasteiger partial charge in [0.1, 0.15) is 6.29 Å². The summed E-state index contributed by atoms with van der Waals surface area (Å²) in [6.45, 7) is 7.01. The van der Waals surface area contributed by atoms with Crippen LogP contribution in [0.3, 0.4) is 0 Å². The van der Waals surface area contributed by atoms with Gasteiger partial charge in [0, 0.05) is 12.8 Å². The third-order valence-electron chi connectivity index (χ3n) is 2.48. The van der Waals surface area contributed by atoms with Crippen molar-refractivity contribution in [1.29, 1.82) is 0 Å². The molecule has 1 saturated carbocycles. The fourth-order valence-corrected chi connectivity index (χ4v) is 1.73. The Bertz CT molecular complexity index is 174. The maximum atomic E-state index is 10.3. The van der Waals surface area contributed by atoms with Crippen molar-refractivity contribution in [3.05, 3.63) is 11.4 Å². The smallest absolute Gasteiger partial charge is 0.239 e. The molecule has 0 aromatic carbocycles. The lowest BCUT2D eigenvalue weighted by Crippen LogP contribution is -2.27. The molecule has 0 aromatic rings. The SMILES string of the molecule is [C-]#[N+]C1(CC=O)CCCCC1. The standard InChI is InChI=1S/C9H13NO/c1-10-9(7-8-11)5-3-2-4-6-9/h8H,2-7H2. The lowest BCUT2D eigenvalue weighted by atomic mass is 9.80. The van der Waals surface area contributed by atoms with Crippen LogP contribution >= 0.6 is 0 Å². The van der Waals surface area contributed by atoms with Crippen molar-refractivity contribution >= 4 is 6.29 Å². The molecule has 1 rings (SSSR count). The Morgan fingerprint density at radius 1 is 1.36 bits per heavy atom. The van der Waals surface area contributed by atoms with Gasteiger partial charge in [-0.3, -0.25) is 0 Å². The van der Waals surface area contributed by atoms with E-state index in [2.05, 4.69) is 4.85 Å². The normalized spacial score (nSPS) is 22.1. The monoisotopic (exact) mass is 151 g/mol. The zero-order chi connectivity index (χ0) is 8.16. The minimum absolute atomic E-state index is 0.306. The molecule has 60 valence electrons. The van der Waals surface area contributed by atoms with Gasteiger partial charge in [-0.05, 0) is 12.8 Å². The molecule has 2 heteroatoms. The predicted octanol–water partition coefficient (Wildman–Crippen LogP) is 2.20. The van der Waals surface area contributed by atoms with E-state index < -0.39 is 0 Å². The van der Waals surface area contributed by atoms with Crippen molar-refractivity contribution < 1.29 is 4.79 Å². The highest BCUT2D eigenvalue weighted by molar-refractivity contribution is 5.52. The summed E-state index contributed by atoms with van der Waals surface area (Å²) in [4.78, 5) is 13.9. The number of aldehydes is 1. The Kier molecular flexibility index (Phi) is 2.64. The van der Waals surface area contributed by atoms with Crippen molar-refractivity contribution in [2.24, 2.45) is 0 Å². The molecule has 2 nitrogen and oxygen atoms in total. The van der Waals surface area contributed by atoms with Crippen LogP contribution in [-0.4, -0.2) is 11.8 Å². The molecule has 0 N–H and O–H groups in total. The summed E-state index contributed by atoms with van der Waals surface area (Å²) < 4.78 is 0. The molecule has 0 unspecified atom stereocenters. The maximum absolute atomic E-state index is 10.3. The van der Waals surface area contributed by atoms with Gasteiger partial charge in [-0.2, -0.15) is 0 Å². The number of carbonyl (C=O) groups is 1.